The van der Waals surface area contributed by atoms with Crippen LogP contribution in [0.3, 0.4) is 0 Å². The van der Waals surface area contributed by atoms with Gasteiger partial charge in [-0.1, -0.05) is 30.3 Å². The summed E-state index contributed by atoms with van der Waals surface area (Å²) < 4.78 is 5.11. The number of ether oxygens (including phenoxy) is 1. The second kappa shape index (κ2) is 7.43. The highest BCUT2D eigenvalue weighted by molar-refractivity contribution is 7.09. The predicted molar refractivity (Wildman–Crippen MR) is 81.5 cm³/mol. The van der Waals surface area contributed by atoms with Gasteiger partial charge in [0.2, 0.25) is 0 Å². The van der Waals surface area contributed by atoms with Crippen molar-refractivity contribution in [3.8, 4) is 0 Å². The largest absolute Gasteiger partial charge is 0.380 e. The van der Waals surface area contributed by atoms with Crippen LogP contribution in [0.5, 0.6) is 0 Å². The molecule has 0 spiro atoms. The quantitative estimate of drug-likeness (QED) is 0.833. The molecule has 3 heteroatoms. The van der Waals surface area contributed by atoms with E-state index in [9.17, 15) is 0 Å². The van der Waals surface area contributed by atoms with Gasteiger partial charge >= 0.3 is 0 Å². The molecule has 2 nitrogen and oxygen atoms in total. The molecule has 1 aromatic heterocycles. The van der Waals surface area contributed by atoms with Crippen LogP contribution in [0, 0.1) is 0 Å². The van der Waals surface area contributed by atoms with Crippen LogP contribution in [0.1, 0.15) is 22.9 Å². The van der Waals surface area contributed by atoms with E-state index < -0.39 is 0 Å². The van der Waals surface area contributed by atoms with E-state index >= 15 is 0 Å². The number of hydrogen-bond acceptors (Lipinski definition) is 3. The van der Waals surface area contributed by atoms with E-state index in [-0.39, 0.29) is 0 Å². The Labute approximate surface area is 119 Å². The van der Waals surface area contributed by atoms with Gasteiger partial charge in [-0.05, 0) is 35.9 Å². The van der Waals surface area contributed by atoms with Gasteiger partial charge in [0.15, 0.2) is 0 Å². The van der Waals surface area contributed by atoms with Crippen molar-refractivity contribution in [1.82, 2.24) is 5.32 Å². The van der Waals surface area contributed by atoms with Gasteiger partial charge in [-0.3, -0.25) is 0 Å². The summed E-state index contributed by atoms with van der Waals surface area (Å²) in [7, 11) is 1.72. The third-order valence-corrected chi connectivity index (χ3v) is 3.97. The summed E-state index contributed by atoms with van der Waals surface area (Å²) in [4.78, 5) is 1.44. The molecule has 0 aliphatic rings. The lowest BCUT2D eigenvalue weighted by molar-refractivity contribution is 0.185. The highest BCUT2D eigenvalue weighted by atomic mass is 32.1. The van der Waals surface area contributed by atoms with Crippen LogP contribution in [0.2, 0.25) is 0 Å². The predicted octanol–water partition coefficient (Wildman–Crippen LogP) is 3.62. The van der Waals surface area contributed by atoms with E-state index in [1.165, 1.54) is 16.0 Å². The molecule has 0 saturated heterocycles. The lowest BCUT2D eigenvalue weighted by Crippen LogP contribution is -2.27. The van der Waals surface area contributed by atoms with Crippen LogP contribution in [0.15, 0.2) is 41.8 Å². The van der Waals surface area contributed by atoms with Gasteiger partial charge in [0.25, 0.3) is 0 Å². The van der Waals surface area contributed by atoms with Gasteiger partial charge in [0, 0.05) is 24.6 Å². The van der Waals surface area contributed by atoms with Crippen molar-refractivity contribution in [2.24, 2.45) is 0 Å². The summed E-state index contributed by atoms with van der Waals surface area (Å²) >= 11 is 1.83. The molecule has 0 aliphatic heterocycles. The van der Waals surface area contributed by atoms with Gasteiger partial charge in [0.05, 0.1) is 6.61 Å². The SMILES string of the molecule is COCc1ccc(CNC(C)Cc2cccs2)cc1. The highest BCUT2D eigenvalue weighted by Crippen LogP contribution is 2.11. The average Bonchev–Trinajstić information content (AvgIpc) is 2.91. The Hall–Kier alpha value is -1.16. The Morgan fingerprint density at radius 3 is 2.53 bits per heavy atom. The van der Waals surface area contributed by atoms with Crippen molar-refractivity contribution in [3.63, 3.8) is 0 Å². The number of nitrogens with one attached hydrogen (secondary N) is 1. The van der Waals surface area contributed by atoms with E-state index in [1.54, 1.807) is 7.11 Å². The second-order valence-corrected chi connectivity index (χ2v) is 5.85. The average molecular weight is 275 g/mol. The third-order valence-electron chi connectivity index (χ3n) is 3.08. The molecular formula is C16H21NOS. The maximum atomic E-state index is 5.11. The Balaban J connectivity index is 1.78. The fourth-order valence-corrected chi connectivity index (χ4v) is 2.85. The summed E-state index contributed by atoms with van der Waals surface area (Å²) in [6.45, 7) is 3.83. The summed E-state index contributed by atoms with van der Waals surface area (Å²) in [6, 6.07) is 13.4. The molecular weight excluding hydrogens is 254 g/mol. The minimum Gasteiger partial charge on any atom is -0.380 e. The maximum Gasteiger partial charge on any atom is 0.0713 e. The van der Waals surface area contributed by atoms with E-state index in [0.29, 0.717) is 12.6 Å². The standard InChI is InChI=1S/C16H21NOS/c1-13(10-16-4-3-9-19-16)17-11-14-5-7-15(8-6-14)12-18-2/h3-9,13,17H,10-12H2,1-2H3. The first-order chi connectivity index (χ1) is 9.28. The topological polar surface area (TPSA) is 21.3 Å². The fraction of sp³-hybridized carbons (Fsp3) is 0.375. The van der Waals surface area contributed by atoms with Crippen LogP contribution < -0.4 is 5.32 Å². The van der Waals surface area contributed by atoms with Gasteiger partial charge < -0.3 is 10.1 Å². The van der Waals surface area contributed by atoms with E-state index in [1.807, 2.05) is 11.3 Å². The first-order valence-electron chi connectivity index (χ1n) is 6.60. The Morgan fingerprint density at radius 2 is 1.89 bits per heavy atom. The van der Waals surface area contributed by atoms with Crippen LogP contribution in [0.4, 0.5) is 0 Å². The molecule has 1 unspecified atom stereocenters. The monoisotopic (exact) mass is 275 g/mol. The Kier molecular flexibility index (Phi) is 5.58. The molecule has 2 aromatic rings. The number of methoxy groups -OCH3 is 1. The van der Waals surface area contributed by atoms with Crippen LogP contribution in [-0.2, 0) is 24.3 Å². The molecule has 1 N–H and O–H groups in total. The smallest absolute Gasteiger partial charge is 0.0713 e. The molecule has 1 heterocycles. The zero-order valence-electron chi connectivity index (χ0n) is 11.6. The van der Waals surface area contributed by atoms with Crippen LogP contribution in [0.25, 0.3) is 0 Å². The van der Waals surface area contributed by atoms with E-state index in [2.05, 4.69) is 54.0 Å². The zero-order valence-corrected chi connectivity index (χ0v) is 12.4. The lowest BCUT2D eigenvalue weighted by atomic mass is 10.1. The number of hydrogen-bond donors (Lipinski definition) is 1. The zero-order chi connectivity index (χ0) is 13.5. The van der Waals surface area contributed by atoms with Crippen LogP contribution in [-0.4, -0.2) is 13.2 Å². The molecule has 0 amide bonds. The van der Waals surface area contributed by atoms with Crippen molar-refractivity contribution in [1.29, 1.82) is 0 Å². The normalized spacial score (nSPS) is 12.5. The van der Waals surface area contributed by atoms with Crippen molar-refractivity contribution in [2.75, 3.05) is 7.11 Å². The molecule has 1 atom stereocenters. The van der Waals surface area contributed by atoms with Crippen molar-refractivity contribution in [2.45, 2.75) is 32.5 Å². The molecule has 1 aromatic carbocycles. The molecule has 0 aliphatic carbocycles. The molecule has 0 radical (unpaired) electrons. The minimum absolute atomic E-state index is 0.498. The highest BCUT2D eigenvalue weighted by Gasteiger charge is 2.04. The first kappa shape index (κ1) is 14.3. The van der Waals surface area contributed by atoms with E-state index in [0.717, 1.165) is 13.0 Å². The fourth-order valence-electron chi connectivity index (χ4n) is 2.01. The first-order valence-corrected chi connectivity index (χ1v) is 7.48. The summed E-state index contributed by atoms with van der Waals surface area (Å²) in [5.41, 5.74) is 2.54. The minimum atomic E-state index is 0.498. The van der Waals surface area contributed by atoms with Crippen molar-refractivity contribution < 1.29 is 4.74 Å². The number of benzene rings is 1. The van der Waals surface area contributed by atoms with Crippen molar-refractivity contribution >= 4 is 11.3 Å². The third kappa shape index (κ3) is 4.78. The maximum absolute atomic E-state index is 5.11. The lowest BCUT2D eigenvalue weighted by Gasteiger charge is -2.13. The van der Waals surface area contributed by atoms with Gasteiger partial charge in [-0.2, -0.15) is 0 Å². The molecule has 102 valence electrons. The molecule has 2 rings (SSSR count). The summed E-state index contributed by atoms with van der Waals surface area (Å²) in [5.74, 6) is 0. The van der Waals surface area contributed by atoms with Gasteiger partial charge in [-0.15, -0.1) is 11.3 Å². The molecule has 0 bridgehead atoms. The second-order valence-electron chi connectivity index (χ2n) is 4.81. The Morgan fingerprint density at radius 1 is 1.16 bits per heavy atom. The van der Waals surface area contributed by atoms with Gasteiger partial charge in [-0.25, -0.2) is 0 Å². The number of rotatable bonds is 7. The van der Waals surface area contributed by atoms with Crippen LogP contribution >= 0.6 is 11.3 Å². The van der Waals surface area contributed by atoms with E-state index in [4.69, 9.17) is 4.74 Å². The van der Waals surface area contributed by atoms with Crippen molar-refractivity contribution in [3.05, 3.63) is 57.8 Å². The van der Waals surface area contributed by atoms with Gasteiger partial charge in [0.1, 0.15) is 0 Å². The Bertz CT molecular complexity index is 464. The molecule has 0 fully saturated rings. The summed E-state index contributed by atoms with van der Waals surface area (Å²) in [5, 5.41) is 5.70. The molecule has 19 heavy (non-hydrogen) atoms. The molecule has 0 saturated carbocycles. The summed E-state index contributed by atoms with van der Waals surface area (Å²) in [6.07, 6.45) is 1.10. The number of thiophene rings is 1.